The van der Waals surface area contributed by atoms with E-state index < -0.39 is 0 Å². The average Bonchev–Trinajstić information content (AvgIpc) is 2.63. The molecule has 0 saturated heterocycles. The van der Waals surface area contributed by atoms with Gasteiger partial charge in [-0.3, -0.25) is 0 Å². The van der Waals surface area contributed by atoms with Gasteiger partial charge < -0.3 is 5.32 Å². The highest BCUT2D eigenvalue weighted by Crippen LogP contribution is 2.19. The monoisotopic (exact) mass is 177 g/mol. The molecule has 0 saturated carbocycles. The molecular formula is C12H19N. The summed E-state index contributed by atoms with van der Waals surface area (Å²) in [5.41, 5.74) is 1.65. The number of nitrogens with one attached hydrogen (secondary N) is 1. The molecule has 1 N–H and O–H groups in total. The Hall–Kier alpha value is -0.740. The molecule has 13 heavy (non-hydrogen) atoms. The van der Waals surface area contributed by atoms with E-state index in [1.807, 2.05) is 6.92 Å². The van der Waals surface area contributed by atoms with Crippen LogP contribution >= 0.6 is 0 Å². The molecule has 72 valence electrons. The van der Waals surface area contributed by atoms with E-state index in [0.29, 0.717) is 0 Å². The lowest BCUT2D eigenvalue weighted by Crippen LogP contribution is -2.16. The van der Waals surface area contributed by atoms with Crippen LogP contribution in [0.15, 0.2) is 11.6 Å². The van der Waals surface area contributed by atoms with Gasteiger partial charge in [0.15, 0.2) is 0 Å². The Balaban J connectivity index is 1.91. The molecule has 0 spiro atoms. The molecule has 1 rings (SSSR count). The van der Waals surface area contributed by atoms with Crippen LogP contribution < -0.4 is 5.32 Å². The van der Waals surface area contributed by atoms with Gasteiger partial charge >= 0.3 is 0 Å². The molecule has 0 unspecified atom stereocenters. The van der Waals surface area contributed by atoms with Crippen LogP contribution in [-0.4, -0.2) is 13.1 Å². The Kier molecular flexibility index (Phi) is 5.36. The van der Waals surface area contributed by atoms with E-state index in [1.54, 1.807) is 5.57 Å². The van der Waals surface area contributed by atoms with Crippen LogP contribution in [0.3, 0.4) is 0 Å². The van der Waals surface area contributed by atoms with Crippen molar-refractivity contribution in [1.82, 2.24) is 5.32 Å². The second-order valence-corrected chi connectivity index (χ2v) is 3.43. The minimum Gasteiger partial charge on any atom is -0.315 e. The fraction of sp³-hybridized carbons (Fsp3) is 0.667. The van der Waals surface area contributed by atoms with Crippen LogP contribution in [0.2, 0.25) is 0 Å². The fourth-order valence-electron chi connectivity index (χ4n) is 1.61. The summed E-state index contributed by atoms with van der Waals surface area (Å²) in [6, 6.07) is 0. The SMILES string of the molecule is CC#CCCNCCC1=CCCC1. The number of rotatable bonds is 5. The van der Waals surface area contributed by atoms with Crippen molar-refractivity contribution in [1.29, 1.82) is 0 Å². The molecule has 0 radical (unpaired) electrons. The highest BCUT2D eigenvalue weighted by atomic mass is 14.8. The Morgan fingerprint density at radius 1 is 1.46 bits per heavy atom. The highest BCUT2D eigenvalue weighted by molar-refractivity contribution is 5.07. The lowest BCUT2D eigenvalue weighted by Gasteiger charge is -2.02. The zero-order valence-corrected chi connectivity index (χ0v) is 8.53. The number of hydrogen-bond donors (Lipinski definition) is 1. The summed E-state index contributed by atoms with van der Waals surface area (Å²) in [6.07, 6.45) is 8.62. The molecule has 0 aromatic heterocycles. The summed E-state index contributed by atoms with van der Waals surface area (Å²) in [7, 11) is 0. The summed E-state index contributed by atoms with van der Waals surface area (Å²) in [5, 5.41) is 3.40. The minimum absolute atomic E-state index is 0.982. The normalized spacial score (nSPS) is 15.0. The summed E-state index contributed by atoms with van der Waals surface area (Å²) >= 11 is 0. The second kappa shape index (κ2) is 6.74. The predicted octanol–water partition coefficient (Wildman–Crippen LogP) is 2.49. The molecule has 0 aromatic carbocycles. The van der Waals surface area contributed by atoms with Crippen molar-refractivity contribution in [3.05, 3.63) is 11.6 Å². The van der Waals surface area contributed by atoms with Gasteiger partial charge in [0.2, 0.25) is 0 Å². The van der Waals surface area contributed by atoms with Gasteiger partial charge in [0.25, 0.3) is 0 Å². The molecule has 0 fully saturated rings. The first-order chi connectivity index (χ1) is 6.43. The Labute approximate surface area is 81.6 Å². The van der Waals surface area contributed by atoms with Gasteiger partial charge in [0.05, 0.1) is 0 Å². The third-order valence-corrected chi connectivity index (χ3v) is 2.36. The quantitative estimate of drug-likeness (QED) is 0.386. The molecule has 0 atom stereocenters. The van der Waals surface area contributed by atoms with E-state index >= 15 is 0 Å². The van der Waals surface area contributed by atoms with Gasteiger partial charge in [-0.1, -0.05) is 11.6 Å². The molecule has 0 amide bonds. The zero-order chi connectivity index (χ0) is 9.36. The Bertz CT molecular complexity index is 217. The van der Waals surface area contributed by atoms with Crippen molar-refractivity contribution < 1.29 is 0 Å². The molecule has 1 aliphatic rings. The molecule has 0 aromatic rings. The van der Waals surface area contributed by atoms with Crippen molar-refractivity contribution >= 4 is 0 Å². The Morgan fingerprint density at radius 3 is 3.08 bits per heavy atom. The van der Waals surface area contributed by atoms with E-state index in [4.69, 9.17) is 0 Å². The van der Waals surface area contributed by atoms with Crippen LogP contribution in [0.25, 0.3) is 0 Å². The maximum Gasteiger partial charge on any atom is 0.0214 e. The third-order valence-electron chi connectivity index (χ3n) is 2.36. The molecule has 1 nitrogen and oxygen atoms in total. The fourth-order valence-corrected chi connectivity index (χ4v) is 1.61. The molecular weight excluding hydrogens is 158 g/mol. The second-order valence-electron chi connectivity index (χ2n) is 3.43. The Morgan fingerprint density at radius 2 is 2.38 bits per heavy atom. The van der Waals surface area contributed by atoms with Gasteiger partial charge in [-0.25, -0.2) is 0 Å². The van der Waals surface area contributed by atoms with Crippen LogP contribution in [0, 0.1) is 11.8 Å². The van der Waals surface area contributed by atoms with Gasteiger partial charge in [-0.2, -0.15) is 0 Å². The first kappa shape index (κ1) is 10.3. The molecule has 0 bridgehead atoms. The van der Waals surface area contributed by atoms with Crippen LogP contribution in [-0.2, 0) is 0 Å². The molecule has 0 heterocycles. The zero-order valence-electron chi connectivity index (χ0n) is 8.53. The average molecular weight is 177 g/mol. The van der Waals surface area contributed by atoms with Crippen molar-refractivity contribution in [3.8, 4) is 11.8 Å². The number of allylic oxidation sites excluding steroid dienone is 1. The maximum atomic E-state index is 3.40. The summed E-state index contributed by atoms with van der Waals surface area (Å²) in [4.78, 5) is 0. The number of hydrogen-bond acceptors (Lipinski definition) is 1. The van der Waals surface area contributed by atoms with Crippen molar-refractivity contribution in [2.45, 2.75) is 39.0 Å². The van der Waals surface area contributed by atoms with E-state index in [9.17, 15) is 0 Å². The summed E-state index contributed by atoms with van der Waals surface area (Å²) in [5.74, 6) is 5.95. The minimum atomic E-state index is 0.982. The van der Waals surface area contributed by atoms with Crippen LogP contribution in [0.4, 0.5) is 0 Å². The summed E-state index contributed by atoms with van der Waals surface area (Å²) < 4.78 is 0. The third kappa shape index (κ3) is 4.75. The first-order valence-corrected chi connectivity index (χ1v) is 5.21. The van der Waals surface area contributed by atoms with Gasteiger partial charge in [-0.15, -0.1) is 11.8 Å². The summed E-state index contributed by atoms with van der Waals surface area (Å²) in [6.45, 7) is 4.05. The van der Waals surface area contributed by atoms with Gasteiger partial charge in [-0.05, 0) is 39.2 Å². The molecule has 1 heteroatoms. The van der Waals surface area contributed by atoms with Crippen molar-refractivity contribution in [2.75, 3.05) is 13.1 Å². The molecule has 1 aliphatic carbocycles. The van der Waals surface area contributed by atoms with Crippen molar-refractivity contribution in [3.63, 3.8) is 0 Å². The van der Waals surface area contributed by atoms with Gasteiger partial charge in [0.1, 0.15) is 0 Å². The van der Waals surface area contributed by atoms with E-state index in [0.717, 1.165) is 19.5 Å². The van der Waals surface area contributed by atoms with Crippen LogP contribution in [0.1, 0.15) is 39.0 Å². The lowest BCUT2D eigenvalue weighted by atomic mass is 10.2. The molecule has 0 aliphatic heterocycles. The highest BCUT2D eigenvalue weighted by Gasteiger charge is 2.02. The maximum absolute atomic E-state index is 3.40. The smallest absolute Gasteiger partial charge is 0.0214 e. The topological polar surface area (TPSA) is 12.0 Å². The standard InChI is InChI=1S/C12H19N/c1-2-3-6-10-13-11-9-12-7-4-5-8-12/h7,13H,4-6,8-11H2,1H3. The van der Waals surface area contributed by atoms with Crippen LogP contribution in [0.5, 0.6) is 0 Å². The van der Waals surface area contributed by atoms with Crippen molar-refractivity contribution in [2.24, 2.45) is 0 Å². The van der Waals surface area contributed by atoms with E-state index in [2.05, 4.69) is 23.2 Å². The lowest BCUT2D eigenvalue weighted by molar-refractivity contribution is 0.683. The largest absolute Gasteiger partial charge is 0.315 e. The van der Waals surface area contributed by atoms with E-state index in [1.165, 1.54) is 25.7 Å². The predicted molar refractivity (Wildman–Crippen MR) is 57.5 cm³/mol. The van der Waals surface area contributed by atoms with E-state index in [-0.39, 0.29) is 0 Å². The first-order valence-electron chi connectivity index (χ1n) is 5.21. The van der Waals surface area contributed by atoms with Gasteiger partial charge in [0, 0.05) is 13.0 Å².